The van der Waals surface area contributed by atoms with Crippen LogP contribution in [0.2, 0.25) is 0 Å². The number of ether oxygens (including phenoxy) is 1. The van der Waals surface area contributed by atoms with E-state index >= 15 is 0 Å². The van der Waals surface area contributed by atoms with Crippen LogP contribution in [0.4, 0.5) is 10.1 Å². The third-order valence-corrected chi connectivity index (χ3v) is 4.64. The number of hydrogen-bond donors (Lipinski definition) is 2. The number of methoxy groups -OCH3 is 1. The predicted octanol–water partition coefficient (Wildman–Crippen LogP) is 1.76. The average Bonchev–Trinajstić information content (AvgIpc) is 2.69. The molecule has 0 amide bonds. The molecule has 0 saturated carbocycles. The lowest BCUT2D eigenvalue weighted by atomic mass is 10.1. The van der Waals surface area contributed by atoms with Crippen LogP contribution >= 0.6 is 0 Å². The van der Waals surface area contributed by atoms with E-state index in [9.17, 15) is 4.39 Å². The predicted molar refractivity (Wildman–Crippen MR) is 110 cm³/mol. The molecule has 0 bridgehead atoms. The summed E-state index contributed by atoms with van der Waals surface area (Å²) in [5.74, 6) is 0.543. The van der Waals surface area contributed by atoms with E-state index in [1.54, 1.807) is 13.3 Å². The minimum Gasteiger partial charge on any atom is -0.496 e. The molecule has 0 aliphatic carbocycles. The molecular weight excluding hydrogens is 359 g/mol. The van der Waals surface area contributed by atoms with Gasteiger partial charge in [-0.05, 0) is 48.0 Å². The van der Waals surface area contributed by atoms with Crippen LogP contribution in [0.5, 0.6) is 5.75 Å². The molecule has 1 heterocycles. The van der Waals surface area contributed by atoms with Crippen molar-refractivity contribution in [2.75, 3.05) is 38.2 Å². The number of piperazine rings is 1. The van der Waals surface area contributed by atoms with E-state index in [2.05, 4.69) is 20.0 Å². The van der Waals surface area contributed by atoms with Crippen molar-refractivity contribution in [2.45, 2.75) is 6.54 Å². The average molecular weight is 384 g/mol. The monoisotopic (exact) mass is 384 g/mol. The Morgan fingerprint density at radius 1 is 1.11 bits per heavy atom. The highest BCUT2D eigenvalue weighted by molar-refractivity contribution is 5.82. The van der Waals surface area contributed by atoms with Crippen molar-refractivity contribution in [3.05, 3.63) is 59.4 Å². The molecular formula is C20H25FN6O. The van der Waals surface area contributed by atoms with Gasteiger partial charge in [0.1, 0.15) is 11.6 Å². The Labute approximate surface area is 164 Å². The fraction of sp³-hybridized carbons (Fsp3) is 0.300. The first-order valence-corrected chi connectivity index (χ1v) is 9.07. The summed E-state index contributed by atoms with van der Waals surface area (Å²) in [5.41, 5.74) is 13.6. The van der Waals surface area contributed by atoms with Crippen molar-refractivity contribution < 1.29 is 9.13 Å². The molecule has 0 radical (unpaired) electrons. The Balaban J connectivity index is 1.64. The fourth-order valence-electron chi connectivity index (χ4n) is 3.22. The SMILES string of the molecule is COc1ccc(/C=N\N=C(N)N)cc1CN1CCN(c2ccc(F)cc2)CC1. The first-order chi connectivity index (χ1) is 13.5. The first-order valence-electron chi connectivity index (χ1n) is 9.07. The Bertz CT molecular complexity index is 840. The second-order valence-electron chi connectivity index (χ2n) is 6.58. The largest absolute Gasteiger partial charge is 0.496 e. The highest BCUT2D eigenvalue weighted by atomic mass is 19.1. The van der Waals surface area contributed by atoms with Crippen molar-refractivity contribution in [3.63, 3.8) is 0 Å². The molecule has 0 spiro atoms. The summed E-state index contributed by atoms with van der Waals surface area (Å²) in [5, 5.41) is 7.48. The highest BCUT2D eigenvalue weighted by Gasteiger charge is 2.18. The van der Waals surface area contributed by atoms with Gasteiger partial charge in [0.25, 0.3) is 0 Å². The van der Waals surface area contributed by atoms with E-state index in [4.69, 9.17) is 16.2 Å². The molecule has 1 aliphatic heterocycles. The summed E-state index contributed by atoms with van der Waals surface area (Å²) in [6.45, 7) is 4.36. The van der Waals surface area contributed by atoms with Gasteiger partial charge in [0, 0.05) is 44.0 Å². The summed E-state index contributed by atoms with van der Waals surface area (Å²) < 4.78 is 18.6. The number of guanidine groups is 1. The van der Waals surface area contributed by atoms with Gasteiger partial charge < -0.3 is 21.1 Å². The van der Waals surface area contributed by atoms with Gasteiger partial charge in [-0.3, -0.25) is 4.90 Å². The molecule has 148 valence electrons. The zero-order valence-electron chi connectivity index (χ0n) is 15.9. The topological polar surface area (TPSA) is 92.5 Å². The molecule has 2 aromatic rings. The molecule has 2 aromatic carbocycles. The normalized spacial score (nSPS) is 15.0. The maximum Gasteiger partial charge on any atom is 0.211 e. The smallest absolute Gasteiger partial charge is 0.211 e. The third-order valence-electron chi connectivity index (χ3n) is 4.64. The van der Waals surface area contributed by atoms with Gasteiger partial charge in [-0.15, -0.1) is 5.10 Å². The van der Waals surface area contributed by atoms with Crippen LogP contribution in [0.1, 0.15) is 11.1 Å². The maximum atomic E-state index is 13.1. The summed E-state index contributed by atoms with van der Waals surface area (Å²) in [6.07, 6.45) is 1.61. The second-order valence-corrected chi connectivity index (χ2v) is 6.58. The zero-order chi connectivity index (χ0) is 19.9. The van der Waals surface area contributed by atoms with Crippen LogP contribution in [0.15, 0.2) is 52.7 Å². The van der Waals surface area contributed by atoms with E-state index in [1.807, 2.05) is 30.3 Å². The summed E-state index contributed by atoms with van der Waals surface area (Å²) in [4.78, 5) is 4.64. The number of rotatable bonds is 6. The molecule has 3 rings (SSSR count). The third kappa shape index (κ3) is 5.20. The van der Waals surface area contributed by atoms with Gasteiger partial charge in [0.2, 0.25) is 5.96 Å². The molecule has 8 heteroatoms. The Kier molecular flexibility index (Phi) is 6.44. The quantitative estimate of drug-likeness (QED) is 0.450. The number of nitrogens with two attached hydrogens (primary N) is 2. The summed E-state index contributed by atoms with van der Waals surface area (Å²) in [6, 6.07) is 12.5. The summed E-state index contributed by atoms with van der Waals surface area (Å²) >= 11 is 0. The number of nitrogens with zero attached hydrogens (tertiary/aromatic N) is 4. The Hall–Kier alpha value is -3.13. The molecule has 7 nitrogen and oxygen atoms in total. The van der Waals surface area contributed by atoms with E-state index in [1.165, 1.54) is 12.1 Å². The minimum atomic E-state index is -0.210. The maximum absolute atomic E-state index is 13.1. The van der Waals surface area contributed by atoms with Crippen molar-refractivity contribution in [2.24, 2.45) is 21.7 Å². The highest BCUT2D eigenvalue weighted by Crippen LogP contribution is 2.23. The molecule has 4 N–H and O–H groups in total. The molecule has 28 heavy (non-hydrogen) atoms. The Morgan fingerprint density at radius 2 is 1.82 bits per heavy atom. The second kappa shape index (κ2) is 9.18. The molecule has 1 saturated heterocycles. The van der Waals surface area contributed by atoms with Gasteiger partial charge in [0.05, 0.1) is 13.3 Å². The number of anilines is 1. The van der Waals surface area contributed by atoms with Gasteiger partial charge >= 0.3 is 0 Å². The van der Waals surface area contributed by atoms with Gasteiger partial charge in [-0.1, -0.05) is 0 Å². The van der Waals surface area contributed by atoms with Crippen molar-refractivity contribution in [1.29, 1.82) is 0 Å². The lowest BCUT2D eigenvalue weighted by Crippen LogP contribution is -2.46. The zero-order valence-corrected chi connectivity index (χ0v) is 15.9. The van der Waals surface area contributed by atoms with E-state index in [0.717, 1.165) is 55.3 Å². The lowest BCUT2D eigenvalue weighted by molar-refractivity contribution is 0.246. The van der Waals surface area contributed by atoms with Crippen molar-refractivity contribution >= 4 is 17.9 Å². The van der Waals surface area contributed by atoms with Crippen LogP contribution < -0.4 is 21.1 Å². The van der Waals surface area contributed by atoms with Crippen molar-refractivity contribution in [3.8, 4) is 5.75 Å². The van der Waals surface area contributed by atoms with Crippen LogP contribution in [0, 0.1) is 5.82 Å². The molecule has 1 fully saturated rings. The fourth-order valence-corrected chi connectivity index (χ4v) is 3.22. The van der Waals surface area contributed by atoms with Crippen LogP contribution in [-0.2, 0) is 6.54 Å². The van der Waals surface area contributed by atoms with E-state index in [0.29, 0.717) is 0 Å². The van der Waals surface area contributed by atoms with E-state index in [-0.39, 0.29) is 11.8 Å². The van der Waals surface area contributed by atoms with Crippen LogP contribution in [0.3, 0.4) is 0 Å². The molecule has 0 atom stereocenters. The molecule has 0 unspecified atom stereocenters. The first kappa shape index (κ1) is 19.6. The lowest BCUT2D eigenvalue weighted by Gasteiger charge is -2.36. The van der Waals surface area contributed by atoms with Crippen LogP contribution in [-0.4, -0.2) is 50.4 Å². The minimum absolute atomic E-state index is 0.0796. The molecule has 0 aromatic heterocycles. The number of benzene rings is 2. The number of hydrogen-bond acceptors (Lipinski definition) is 5. The van der Waals surface area contributed by atoms with Gasteiger partial charge in [-0.2, -0.15) is 5.10 Å². The standard InChI is InChI=1S/C20H25FN6O/c1-28-19-7-2-15(13-24-25-20(22)23)12-16(19)14-26-8-10-27(11-9-26)18-5-3-17(21)4-6-18/h2-7,12-13H,8-11,14H2,1H3,(H4,22,23,25)/b24-13-. The van der Waals surface area contributed by atoms with Crippen LogP contribution in [0.25, 0.3) is 0 Å². The van der Waals surface area contributed by atoms with Crippen molar-refractivity contribution in [1.82, 2.24) is 4.90 Å². The van der Waals surface area contributed by atoms with Gasteiger partial charge in [0.15, 0.2) is 0 Å². The summed E-state index contributed by atoms with van der Waals surface area (Å²) in [7, 11) is 1.67. The van der Waals surface area contributed by atoms with E-state index < -0.39 is 0 Å². The van der Waals surface area contributed by atoms with Gasteiger partial charge in [-0.25, -0.2) is 4.39 Å². The number of halogens is 1. The Morgan fingerprint density at radius 3 is 2.46 bits per heavy atom. The molecule has 1 aliphatic rings.